The van der Waals surface area contributed by atoms with E-state index in [1.165, 1.54) is 6.92 Å². The molecule has 0 aliphatic heterocycles. The van der Waals surface area contributed by atoms with Crippen molar-refractivity contribution < 1.29 is 14.7 Å². The van der Waals surface area contributed by atoms with Gasteiger partial charge in [0.2, 0.25) is 0 Å². The summed E-state index contributed by atoms with van der Waals surface area (Å²) in [5.74, 6) is 0.148. The van der Waals surface area contributed by atoms with Crippen LogP contribution in [0.3, 0.4) is 0 Å². The average Bonchev–Trinajstić information content (AvgIpc) is 2.65. The Morgan fingerprint density at radius 2 is 2.17 bits per heavy atom. The monoisotopic (exact) mass is 250 g/mol. The van der Waals surface area contributed by atoms with E-state index in [4.69, 9.17) is 5.11 Å². The number of nitrogens with one attached hydrogen (secondary N) is 1. The average molecular weight is 250 g/mol. The number of rotatable bonds is 4. The molecule has 1 fully saturated rings. The Kier molecular flexibility index (Phi) is 3.52. The molecule has 2 N–H and O–H groups in total. The van der Waals surface area contributed by atoms with Gasteiger partial charge in [-0.25, -0.2) is 0 Å². The van der Waals surface area contributed by atoms with Crippen LogP contribution in [0.1, 0.15) is 40.6 Å². The third-order valence-electron chi connectivity index (χ3n) is 3.41. The van der Waals surface area contributed by atoms with Gasteiger partial charge in [0, 0.05) is 25.4 Å². The topological polar surface area (TPSA) is 71.3 Å². The number of carbonyl (C=O) groups is 2. The molecule has 0 radical (unpaired) electrons. The van der Waals surface area contributed by atoms with Crippen LogP contribution >= 0.6 is 0 Å². The molecule has 1 aromatic heterocycles. The first kappa shape index (κ1) is 12.8. The van der Waals surface area contributed by atoms with Gasteiger partial charge in [0.15, 0.2) is 5.78 Å². The highest BCUT2D eigenvalue weighted by Crippen LogP contribution is 2.26. The minimum absolute atomic E-state index is 0.0493. The lowest BCUT2D eigenvalue weighted by Crippen LogP contribution is -2.38. The van der Waals surface area contributed by atoms with Gasteiger partial charge in [-0.2, -0.15) is 0 Å². The molecule has 1 heterocycles. The van der Waals surface area contributed by atoms with Crippen molar-refractivity contribution in [2.24, 2.45) is 13.0 Å². The van der Waals surface area contributed by atoms with E-state index in [0.717, 1.165) is 12.8 Å². The number of hydrogen-bond acceptors (Lipinski definition) is 3. The Morgan fingerprint density at radius 3 is 2.67 bits per heavy atom. The summed E-state index contributed by atoms with van der Waals surface area (Å²) in [4.78, 5) is 23.1. The van der Waals surface area contributed by atoms with Crippen molar-refractivity contribution in [1.29, 1.82) is 0 Å². The van der Waals surface area contributed by atoms with Gasteiger partial charge in [-0.15, -0.1) is 0 Å². The van der Waals surface area contributed by atoms with Gasteiger partial charge < -0.3 is 15.0 Å². The summed E-state index contributed by atoms with van der Waals surface area (Å²) in [7, 11) is 1.74. The van der Waals surface area contributed by atoms with Gasteiger partial charge in [0.05, 0.1) is 6.10 Å². The summed E-state index contributed by atoms with van der Waals surface area (Å²) in [5, 5.41) is 12.0. The van der Waals surface area contributed by atoms with E-state index in [2.05, 4.69) is 5.32 Å². The zero-order chi connectivity index (χ0) is 13.3. The third-order valence-corrected chi connectivity index (χ3v) is 3.41. The van der Waals surface area contributed by atoms with Crippen molar-refractivity contribution in [3.63, 3.8) is 0 Å². The lowest BCUT2D eigenvalue weighted by Gasteiger charge is -2.31. The van der Waals surface area contributed by atoms with Gasteiger partial charge in [-0.05, 0) is 31.7 Å². The molecular formula is C13H18N2O3. The molecule has 5 heteroatoms. The Hall–Kier alpha value is -1.62. The van der Waals surface area contributed by atoms with E-state index >= 15 is 0 Å². The summed E-state index contributed by atoms with van der Waals surface area (Å²) in [6.07, 6.45) is 2.97. The highest BCUT2D eigenvalue weighted by molar-refractivity contribution is 5.99. The summed E-state index contributed by atoms with van der Waals surface area (Å²) < 4.78 is 1.65. The molecule has 0 spiro atoms. The van der Waals surface area contributed by atoms with Crippen molar-refractivity contribution >= 4 is 11.7 Å². The number of aliphatic hydroxyl groups is 1. The van der Waals surface area contributed by atoms with Crippen molar-refractivity contribution in [2.45, 2.75) is 25.9 Å². The number of hydrogen-bond donors (Lipinski definition) is 2. The predicted octanol–water partition coefficient (Wildman–Crippen LogP) is 0.728. The standard InChI is InChI=1S/C13H18N2O3/c1-8(16)10-5-12(15(2)7-10)13(18)14-6-9-3-11(17)4-9/h5,7,9,11,17H,3-4,6H2,1-2H3,(H,14,18). The van der Waals surface area contributed by atoms with Gasteiger partial charge in [-0.1, -0.05) is 0 Å². The van der Waals surface area contributed by atoms with Crippen LogP contribution in [0.5, 0.6) is 0 Å². The maximum Gasteiger partial charge on any atom is 0.267 e. The fraction of sp³-hybridized carbons (Fsp3) is 0.538. The van der Waals surface area contributed by atoms with E-state index in [1.54, 1.807) is 23.9 Å². The van der Waals surface area contributed by atoms with Crippen LogP contribution in [0.25, 0.3) is 0 Å². The second kappa shape index (κ2) is 4.94. The molecule has 1 aliphatic carbocycles. The van der Waals surface area contributed by atoms with Crippen molar-refractivity contribution in [3.05, 3.63) is 23.5 Å². The lowest BCUT2D eigenvalue weighted by atomic mass is 9.82. The van der Waals surface area contributed by atoms with Crippen molar-refractivity contribution in [1.82, 2.24) is 9.88 Å². The molecule has 0 aromatic carbocycles. The number of carbonyl (C=O) groups excluding carboxylic acids is 2. The quantitative estimate of drug-likeness (QED) is 0.774. The largest absolute Gasteiger partial charge is 0.393 e. The zero-order valence-corrected chi connectivity index (χ0v) is 10.6. The SMILES string of the molecule is CC(=O)c1cc(C(=O)NCC2CC(O)C2)n(C)c1. The first-order valence-corrected chi connectivity index (χ1v) is 6.11. The second-order valence-corrected chi connectivity index (χ2v) is 4.98. The molecule has 0 atom stereocenters. The molecule has 1 amide bonds. The summed E-state index contributed by atoms with van der Waals surface area (Å²) in [6.45, 7) is 2.06. The smallest absolute Gasteiger partial charge is 0.267 e. The third kappa shape index (κ3) is 2.61. The van der Waals surface area contributed by atoms with Gasteiger partial charge >= 0.3 is 0 Å². The maximum absolute atomic E-state index is 11.9. The van der Waals surface area contributed by atoms with Crippen LogP contribution in [0.4, 0.5) is 0 Å². The Bertz CT molecular complexity index is 473. The zero-order valence-electron chi connectivity index (χ0n) is 10.6. The van der Waals surface area contributed by atoms with E-state index in [0.29, 0.717) is 23.7 Å². The minimum Gasteiger partial charge on any atom is -0.393 e. The number of ketones is 1. The molecule has 5 nitrogen and oxygen atoms in total. The van der Waals surface area contributed by atoms with Crippen LogP contribution in [0.2, 0.25) is 0 Å². The molecule has 1 saturated carbocycles. The Balaban J connectivity index is 1.94. The predicted molar refractivity (Wildman–Crippen MR) is 66.5 cm³/mol. The van der Waals surface area contributed by atoms with Crippen molar-refractivity contribution in [3.8, 4) is 0 Å². The van der Waals surface area contributed by atoms with Crippen molar-refractivity contribution in [2.75, 3.05) is 6.54 Å². The number of Topliss-reactive ketones (excluding diaryl/α,β-unsaturated/α-hetero) is 1. The minimum atomic E-state index is -0.203. The van der Waals surface area contributed by atoms with E-state index < -0.39 is 0 Å². The molecule has 0 saturated heterocycles. The van der Waals surface area contributed by atoms with E-state index in [-0.39, 0.29) is 17.8 Å². The first-order chi connectivity index (χ1) is 8.47. The second-order valence-electron chi connectivity index (χ2n) is 4.98. The van der Waals surface area contributed by atoms with E-state index in [1.807, 2.05) is 0 Å². The first-order valence-electron chi connectivity index (χ1n) is 6.11. The fourth-order valence-corrected chi connectivity index (χ4v) is 2.18. The summed E-state index contributed by atoms with van der Waals surface area (Å²) in [5.41, 5.74) is 1.03. The normalized spacial score (nSPS) is 22.4. The van der Waals surface area contributed by atoms with Crippen LogP contribution in [-0.2, 0) is 7.05 Å². The van der Waals surface area contributed by atoms with Gasteiger partial charge in [0.1, 0.15) is 5.69 Å². The number of amides is 1. The molecule has 18 heavy (non-hydrogen) atoms. The molecule has 0 unspecified atom stereocenters. The Labute approximate surface area is 106 Å². The number of aliphatic hydroxyl groups excluding tert-OH is 1. The maximum atomic E-state index is 11.9. The molecule has 2 rings (SSSR count). The van der Waals surface area contributed by atoms with Crippen LogP contribution < -0.4 is 5.32 Å². The molecule has 0 bridgehead atoms. The fourth-order valence-electron chi connectivity index (χ4n) is 2.18. The number of aryl methyl sites for hydroxylation is 1. The molecule has 1 aromatic rings. The molecule has 1 aliphatic rings. The highest BCUT2D eigenvalue weighted by atomic mass is 16.3. The van der Waals surface area contributed by atoms with E-state index in [9.17, 15) is 9.59 Å². The summed E-state index contributed by atoms with van der Waals surface area (Å²) >= 11 is 0. The van der Waals surface area contributed by atoms with Gasteiger partial charge in [0.25, 0.3) is 5.91 Å². The van der Waals surface area contributed by atoms with Crippen LogP contribution in [0.15, 0.2) is 12.3 Å². The number of aromatic nitrogens is 1. The molecular weight excluding hydrogens is 232 g/mol. The number of nitrogens with zero attached hydrogens (tertiary/aromatic N) is 1. The molecule has 98 valence electrons. The van der Waals surface area contributed by atoms with Gasteiger partial charge in [-0.3, -0.25) is 9.59 Å². The Morgan fingerprint density at radius 1 is 1.50 bits per heavy atom. The lowest BCUT2D eigenvalue weighted by molar-refractivity contribution is 0.0419. The van der Waals surface area contributed by atoms with Crippen LogP contribution in [0, 0.1) is 5.92 Å². The highest BCUT2D eigenvalue weighted by Gasteiger charge is 2.27. The summed E-state index contributed by atoms with van der Waals surface area (Å²) in [6, 6.07) is 1.60. The van der Waals surface area contributed by atoms with Crippen LogP contribution in [-0.4, -0.2) is 34.0 Å².